The number of hydrogen-bond acceptors (Lipinski definition) is 4. The number of aromatic amines is 1. The zero-order valence-electron chi connectivity index (χ0n) is 13.6. The Balaban J connectivity index is 1.98. The van der Waals surface area contributed by atoms with E-state index in [2.05, 4.69) is 14.7 Å². The molecule has 3 aromatic rings. The fourth-order valence-corrected chi connectivity index (χ4v) is 3.30. The van der Waals surface area contributed by atoms with Gasteiger partial charge in [-0.3, -0.25) is 13.7 Å². The van der Waals surface area contributed by atoms with Crippen molar-refractivity contribution in [1.82, 2.24) is 14.3 Å². The van der Waals surface area contributed by atoms with Gasteiger partial charge in [0.1, 0.15) is 0 Å². The van der Waals surface area contributed by atoms with Crippen LogP contribution >= 0.6 is 34.7 Å². The SMILES string of the molecule is CNC(=O)c1cccc(Cn2c(=O)[nH]sc2=Nc2ccc(Cl)c(Cl)c2)c1. The topological polar surface area (TPSA) is 79.2 Å². The highest BCUT2D eigenvalue weighted by molar-refractivity contribution is 7.02. The van der Waals surface area contributed by atoms with Crippen LogP contribution in [0.2, 0.25) is 10.0 Å². The molecule has 0 aliphatic carbocycles. The van der Waals surface area contributed by atoms with Crippen LogP contribution in [0.5, 0.6) is 0 Å². The molecule has 0 aliphatic heterocycles. The molecule has 0 saturated carbocycles. The molecular weight excluding hydrogens is 395 g/mol. The number of carbonyl (C=O) groups is 1. The van der Waals surface area contributed by atoms with Crippen LogP contribution in [0.15, 0.2) is 52.3 Å². The Morgan fingerprint density at radius 2 is 2.04 bits per heavy atom. The number of H-pyrrole nitrogens is 1. The summed E-state index contributed by atoms with van der Waals surface area (Å²) in [5.74, 6) is -0.184. The molecule has 1 amide bonds. The quantitative estimate of drug-likeness (QED) is 0.694. The van der Waals surface area contributed by atoms with E-state index < -0.39 is 0 Å². The molecule has 2 N–H and O–H groups in total. The number of benzene rings is 2. The molecule has 0 fully saturated rings. The van der Waals surface area contributed by atoms with Gasteiger partial charge in [0.25, 0.3) is 5.91 Å². The Bertz CT molecular complexity index is 1080. The number of halogens is 2. The lowest BCUT2D eigenvalue weighted by molar-refractivity contribution is 0.0963. The minimum Gasteiger partial charge on any atom is -0.355 e. The van der Waals surface area contributed by atoms with Gasteiger partial charge in [0, 0.05) is 12.6 Å². The Morgan fingerprint density at radius 1 is 1.23 bits per heavy atom. The summed E-state index contributed by atoms with van der Waals surface area (Å²) in [6.45, 7) is 0.282. The van der Waals surface area contributed by atoms with E-state index in [1.165, 1.54) is 4.57 Å². The standard InChI is InChI=1S/C17H14Cl2N4O2S/c1-20-15(24)11-4-2-3-10(7-11)9-23-16(25)22-26-17(23)21-12-5-6-13(18)14(19)8-12/h2-8H,9H2,1H3,(H,20,24)(H,22,25). The average Bonchev–Trinajstić information content (AvgIpc) is 2.97. The second-order valence-electron chi connectivity index (χ2n) is 5.37. The van der Waals surface area contributed by atoms with Crippen LogP contribution in [0.25, 0.3) is 0 Å². The Morgan fingerprint density at radius 3 is 2.77 bits per heavy atom. The molecule has 1 aromatic heterocycles. The molecule has 3 rings (SSSR count). The van der Waals surface area contributed by atoms with Gasteiger partial charge < -0.3 is 5.32 Å². The molecule has 0 aliphatic rings. The van der Waals surface area contributed by atoms with E-state index in [9.17, 15) is 9.59 Å². The molecule has 0 radical (unpaired) electrons. The largest absolute Gasteiger partial charge is 0.355 e. The van der Waals surface area contributed by atoms with Gasteiger partial charge in [-0.25, -0.2) is 9.79 Å². The van der Waals surface area contributed by atoms with Crippen molar-refractivity contribution in [3.63, 3.8) is 0 Å². The van der Waals surface area contributed by atoms with Gasteiger partial charge >= 0.3 is 5.69 Å². The van der Waals surface area contributed by atoms with Crippen molar-refractivity contribution in [3.05, 3.63) is 78.9 Å². The minimum atomic E-state index is -0.279. The summed E-state index contributed by atoms with van der Waals surface area (Å²) in [5, 5.41) is 3.41. The molecule has 1 heterocycles. The monoisotopic (exact) mass is 408 g/mol. The third-order valence-electron chi connectivity index (χ3n) is 3.59. The number of nitrogens with one attached hydrogen (secondary N) is 2. The van der Waals surface area contributed by atoms with E-state index in [0.717, 1.165) is 17.1 Å². The minimum absolute atomic E-state index is 0.184. The molecular formula is C17H14Cl2N4O2S. The van der Waals surface area contributed by atoms with Crippen LogP contribution in [0, 0.1) is 0 Å². The maximum Gasteiger partial charge on any atom is 0.337 e. The maximum atomic E-state index is 12.2. The smallest absolute Gasteiger partial charge is 0.337 e. The van der Waals surface area contributed by atoms with E-state index >= 15 is 0 Å². The average molecular weight is 409 g/mol. The van der Waals surface area contributed by atoms with Crippen LogP contribution in [0.3, 0.4) is 0 Å². The van der Waals surface area contributed by atoms with E-state index in [1.807, 2.05) is 6.07 Å². The summed E-state index contributed by atoms with van der Waals surface area (Å²) in [6.07, 6.45) is 0. The Hall–Kier alpha value is -2.35. The summed E-state index contributed by atoms with van der Waals surface area (Å²) >= 11 is 13.0. The second kappa shape index (κ2) is 7.90. The summed E-state index contributed by atoms with van der Waals surface area (Å²) < 4.78 is 4.17. The van der Waals surface area contributed by atoms with E-state index in [0.29, 0.717) is 26.1 Å². The van der Waals surface area contributed by atoms with Crippen molar-refractivity contribution >= 4 is 46.3 Å². The fraction of sp³-hybridized carbons (Fsp3) is 0.118. The summed E-state index contributed by atoms with van der Waals surface area (Å²) in [5.41, 5.74) is 1.65. The first-order valence-electron chi connectivity index (χ1n) is 7.57. The molecule has 26 heavy (non-hydrogen) atoms. The van der Waals surface area contributed by atoms with E-state index in [4.69, 9.17) is 23.2 Å². The number of carbonyl (C=O) groups excluding carboxylic acids is 1. The maximum absolute atomic E-state index is 12.2. The van der Waals surface area contributed by atoms with Gasteiger partial charge in [0.2, 0.25) is 4.80 Å². The first-order valence-corrected chi connectivity index (χ1v) is 9.14. The summed E-state index contributed by atoms with van der Waals surface area (Å²) in [6, 6.07) is 12.1. The summed E-state index contributed by atoms with van der Waals surface area (Å²) in [7, 11) is 1.57. The number of rotatable bonds is 4. The Labute approximate surface area is 162 Å². The Kier molecular flexibility index (Phi) is 5.61. The van der Waals surface area contributed by atoms with Gasteiger partial charge in [-0.15, -0.1) is 0 Å². The highest BCUT2D eigenvalue weighted by Gasteiger charge is 2.08. The van der Waals surface area contributed by atoms with E-state index in [1.54, 1.807) is 43.4 Å². The van der Waals surface area contributed by atoms with Crippen LogP contribution in [-0.2, 0) is 6.54 Å². The van der Waals surface area contributed by atoms with Crippen molar-refractivity contribution in [3.8, 4) is 0 Å². The van der Waals surface area contributed by atoms with Gasteiger partial charge in [-0.05, 0) is 47.4 Å². The second-order valence-corrected chi connectivity index (χ2v) is 6.96. The molecule has 0 unspecified atom stereocenters. The first-order chi connectivity index (χ1) is 12.5. The summed E-state index contributed by atoms with van der Waals surface area (Å²) in [4.78, 5) is 28.9. The van der Waals surface area contributed by atoms with Crippen LogP contribution < -0.4 is 15.8 Å². The zero-order valence-corrected chi connectivity index (χ0v) is 16.0. The number of amides is 1. The molecule has 0 bridgehead atoms. The lowest BCUT2D eigenvalue weighted by atomic mass is 10.1. The van der Waals surface area contributed by atoms with Crippen molar-refractivity contribution in [1.29, 1.82) is 0 Å². The number of nitrogens with zero attached hydrogens (tertiary/aromatic N) is 2. The predicted molar refractivity (Wildman–Crippen MR) is 104 cm³/mol. The van der Waals surface area contributed by atoms with Crippen molar-refractivity contribution in [2.75, 3.05) is 7.05 Å². The van der Waals surface area contributed by atoms with E-state index in [-0.39, 0.29) is 18.1 Å². The fourth-order valence-electron chi connectivity index (χ4n) is 2.31. The normalized spacial score (nSPS) is 11.6. The van der Waals surface area contributed by atoms with Crippen LogP contribution in [0.4, 0.5) is 5.69 Å². The molecule has 0 spiro atoms. The molecule has 2 aromatic carbocycles. The highest BCUT2D eigenvalue weighted by atomic mass is 35.5. The lowest BCUT2D eigenvalue weighted by Crippen LogP contribution is -2.27. The molecule has 9 heteroatoms. The molecule has 6 nitrogen and oxygen atoms in total. The van der Waals surface area contributed by atoms with Crippen molar-refractivity contribution < 1.29 is 4.79 Å². The predicted octanol–water partition coefficient (Wildman–Crippen LogP) is 3.19. The molecule has 0 atom stereocenters. The van der Waals surface area contributed by atoms with Crippen molar-refractivity contribution in [2.45, 2.75) is 6.54 Å². The van der Waals surface area contributed by atoms with Crippen molar-refractivity contribution in [2.24, 2.45) is 4.99 Å². The lowest BCUT2D eigenvalue weighted by Gasteiger charge is -2.05. The van der Waals surface area contributed by atoms with Gasteiger partial charge in [0.15, 0.2) is 0 Å². The molecule has 0 saturated heterocycles. The third kappa shape index (κ3) is 4.07. The van der Waals surface area contributed by atoms with Gasteiger partial charge in [-0.2, -0.15) is 0 Å². The van der Waals surface area contributed by atoms with Crippen LogP contribution in [-0.4, -0.2) is 21.9 Å². The van der Waals surface area contributed by atoms with Crippen LogP contribution in [0.1, 0.15) is 15.9 Å². The third-order valence-corrected chi connectivity index (χ3v) is 5.10. The highest BCUT2D eigenvalue weighted by Crippen LogP contribution is 2.26. The number of hydrogen-bond donors (Lipinski definition) is 2. The first kappa shape index (κ1) is 18.4. The van der Waals surface area contributed by atoms with Gasteiger partial charge in [0.05, 0.1) is 22.3 Å². The zero-order chi connectivity index (χ0) is 18.7. The number of aromatic nitrogens is 2. The van der Waals surface area contributed by atoms with Gasteiger partial charge in [-0.1, -0.05) is 35.3 Å². The molecule has 134 valence electrons.